The smallest absolute Gasteiger partial charge is 0.144 e. The number of hydrogen-bond donors (Lipinski definition) is 0. The summed E-state index contributed by atoms with van der Waals surface area (Å²) >= 11 is 0. The molecular weight excluding hydrogens is 440 g/mol. The highest BCUT2D eigenvalue weighted by molar-refractivity contribution is 5.63. The molecule has 36 heavy (non-hydrogen) atoms. The lowest BCUT2D eigenvalue weighted by molar-refractivity contribution is 0.495. The fourth-order valence-corrected chi connectivity index (χ4v) is 5.09. The lowest BCUT2D eigenvalue weighted by Gasteiger charge is -2.22. The standard InChI is InChI=1S/C32H36N4/c1-23(2)29-13-8-14-30(24(3)4)31(29)36-16-15-33-32(36)27-11-6-9-25(20-27)19-26-10-7-12-28(21-26)35-18-17-34(5)22-35/h6-18,20-21,23-24H,19,22H2,1-5H3. The molecule has 1 aliphatic rings. The van der Waals surface area contributed by atoms with Gasteiger partial charge >= 0.3 is 0 Å². The summed E-state index contributed by atoms with van der Waals surface area (Å²) in [6.45, 7) is 9.96. The van der Waals surface area contributed by atoms with Crippen molar-refractivity contribution in [2.75, 3.05) is 18.6 Å². The highest BCUT2D eigenvalue weighted by Crippen LogP contribution is 2.34. The van der Waals surface area contributed by atoms with Crippen LogP contribution in [0.1, 0.15) is 61.8 Å². The van der Waals surface area contributed by atoms with E-state index in [0.29, 0.717) is 11.8 Å². The summed E-state index contributed by atoms with van der Waals surface area (Å²) in [6, 6.07) is 24.4. The topological polar surface area (TPSA) is 24.3 Å². The largest absolute Gasteiger partial charge is 0.361 e. The molecule has 5 rings (SSSR count). The first-order chi connectivity index (χ1) is 17.4. The summed E-state index contributed by atoms with van der Waals surface area (Å²) in [5.74, 6) is 1.85. The molecule has 184 valence electrons. The van der Waals surface area contributed by atoms with Crippen LogP contribution in [0, 0.1) is 0 Å². The quantitative estimate of drug-likeness (QED) is 0.275. The second kappa shape index (κ2) is 10.1. The number of aromatic nitrogens is 2. The first kappa shape index (κ1) is 23.9. The van der Waals surface area contributed by atoms with Crippen molar-refractivity contribution in [3.05, 3.63) is 114 Å². The van der Waals surface area contributed by atoms with Gasteiger partial charge in [0.25, 0.3) is 0 Å². The van der Waals surface area contributed by atoms with E-state index in [2.05, 4.69) is 134 Å². The van der Waals surface area contributed by atoms with Gasteiger partial charge in [-0.1, -0.05) is 76.2 Å². The van der Waals surface area contributed by atoms with Crippen molar-refractivity contribution in [3.63, 3.8) is 0 Å². The zero-order valence-electron chi connectivity index (χ0n) is 22.0. The van der Waals surface area contributed by atoms with Gasteiger partial charge in [0, 0.05) is 43.1 Å². The molecule has 0 aliphatic carbocycles. The van der Waals surface area contributed by atoms with E-state index >= 15 is 0 Å². The molecule has 0 amide bonds. The van der Waals surface area contributed by atoms with E-state index < -0.39 is 0 Å². The monoisotopic (exact) mass is 476 g/mol. The van der Waals surface area contributed by atoms with Crippen LogP contribution in [0.2, 0.25) is 0 Å². The van der Waals surface area contributed by atoms with E-state index in [1.165, 1.54) is 33.6 Å². The van der Waals surface area contributed by atoms with E-state index in [4.69, 9.17) is 4.98 Å². The average molecular weight is 477 g/mol. The number of anilines is 1. The Balaban J connectivity index is 1.48. The number of nitrogens with zero attached hydrogens (tertiary/aromatic N) is 4. The molecule has 4 heteroatoms. The van der Waals surface area contributed by atoms with Crippen LogP contribution in [0.15, 0.2) is 91.5 Å². The molecule has 0 spiro atoms. The Labute approximate surface area is 215 Å². The van der Waals surface area contributed by atoms with E-state index in [9.17, 15) is 0 Å². The van der Waals surface area contributed by atoms with Gasteiger partial charge in [-0.05, 0) is 58.7 Å². The molecule has 0 atom stereocenters. The van der Waals surface area contributed by atoms with Gasteiger partial charge in [0.1, 0.15) is 5.82 Å². The SMILES string of the molecule is CC(C)c1cccc(C(C)C)c1-n1ccnc1-c1cccc(Cc2cccc(N3C=CN(C)C3)c2)c1. The van der Waals surface area contributed by atoms with Crippen molar-refractivity contribution in [2.45, 2.75) is 46.0 Å². The van der Waals surface area contributed by atoms with Crippen molar-refractivity contribution in [1.82, 2.24) is 14.5 Å². The van der Waals surface area contributed by atoms with Crippen LogP contribution >= 0.6 is 0 Å². The van der Waals surface area contributed by atoms with Crippen LogP contribution in [-0.4, -0.2) is 28.2 Å². The third kappa shape index (κ3) is 4.81. The normalized spacial score (nSPS) is 13.4. The first-order valence-corrected chi connectivity index (χ1v) is 12.9. The van der Waals surface area contributed by atoms with Crippen LogP contribution in [0.3, 0.4) is 0 Å². The zero-order valence-corrected chi connectivity index (χ0v) is 22.0. The van der Waals surface area contributed by atoms with Gasteiger partial charge in [0.05, 0.1) is 12.4 Å². The van der Waals surface area contributed by atoms with Gasteiger partial charge in [-0.15, -0.1) is 0 Å². The van der Waals surface area contributed by atoms with Crippen LogP contribution < -0.4 is 4.90 Å². The van der Waals surface area contributed by atoms with Gasteiger partial charge < -0.3 is 9.80 Å². The Kier molecular flexibility index (Phi) is 6.69. The third-order valence-electron chi connectivity index (χ3n) is 6.94. The molecule has 4 aromatic rings. The second-order valence-electron chi connectivity index (χ2n) is 10.4. The molecule has 0 N–H and O–H groups in total. The zero-order chi connectivity index (χ0) is 25.2. The van der Waals surface area contributed by atoms with Crippen molar-refractivity contribution < 1.29 is 0 Å². The summed E-state index contributed by atoms with van der Waals surface area (Å²) < 4.78 is 2.29. The fourth-order valence-electron chi connectivity index (χ4n) is 5.09. The molecule has 0 unspecified atom stereocenters. The Hall–Kier alpha value is -3.79. The highest BCUT2D eigenvalue weighted by Gasteiger charge is 2.19. The first-order valence-electron chi connectivity index (χ1n) is 12.9. The van der Waals surface area contributed by atoms with Crippen LogP contribution in [0.25, 0.3) is 17.1 Å². The van der Waals surface area contributed by atoms with Gasteiger partial charge in [-0.2, -0.15) is 0 Å². The molecule has 2 heterocycles. The summed E-state index contributed by atoms with van der Waals surface area (Å²) in [4.78, 5) is 9.28. The number of hydrogen-bond acceptors (Lipinski definition) is 3. The van der Waals surface area contributed by atoms with Gasteiger partial charge in [0.2, 0.25) is 0 Å². The van der Waals surface area contributed by atoms with E-state index in [-0.39, 0.29) is 0 Å². The van der Waals surface area contributed by atoms with E-state index in [0.717, 1.165) is 24.5 Å². The summed E-state index contributed by atoms with van der Waals surface area (Å²) in [6.07, 6.45) is 9.17. The van der Waals surface area contributed by atoms with Crippen LogP contribution in [0.5, 0.6) is 0 Å². The predicted octanol–water partition coefficient (Wildman–Crippen LogP) is 7.56. The minimum absolute atomic E-state index is 0.429. The molecule has 1 aromatic heterocycles. The van der Waals surface area contributed by atoms with E-state index in [1.54, 1.807) is 0 Å². The van der Waals surface area contributed by atoms with Crippen molar-refractivity contribution in [1.29, 1.82) is 0 Å². The number of rotatable bonds is 7. The lowest BCUT2D eigenvalue weighted by Crippen LogP contribution is -2.21. The molecule has 4 nitrogen and oxygen atoms in total. The predicted molar refractivity (Wildman–Crippen MR) is 151 cm³/mol. The molecule has 3 aromatic carbocycles. The highest BCUT2D eigenvalue weighted by atomic mass is 15.3. The minimum Gasteiger partial charge on any atom is -0.361 e. The second-order valence-corrected chi connectivity index (χ2v) is 10.4. The maximum absolute atomic E-state index is 4.83. The van der Waals surface area contributed by atoms with Crippen LogP contribution in [0.4, 0.5) is 5.69 Å². The Morgan fingerprint density at radius 3 is 2.14 bits per heavy atom. The van der Waals surface area contributed by atoms with E-state index in [1.807, 2.05) is 6.20 Å². The molecule has 0 bridgehead atoms. The fraction of sp³-hybridized carbons (Fsp3) is 0.281. The average Bonchev–Trinajstić information content (AvgIpc) is 3.53. The molecule has 0 fully saturated rings. The number of para-hydroxylation sites is 1. The minimum atomic E-state index is 0.429. The van der Waals surface area contributed by atoms with Crippen molar-refractivity contribution in [3.8, 4) is 17.1 Å². The Bertz CT molecular complexity index is 1350. The van der Waals surface area contributed by atoms with Crippen molar-refractivity contribution in [2.24, 2.45) is 0 Å². The summed E-state index contributed by atoms with van der Waals surface area (Å²) in [5, 5.41) is 0. The maximum atomic E-state index is 4.83. The molecule has 0 radical (unpaired) electrons. The number of imidazole rings is 1. The molecule has 1 aliphatic heterocycles. The van der Waals surface area contributed by atoms with Crippen molar-refractivity contribution >= 4 is 5.69 Å². The molecule has 0 saturated carbocycles. The van der Waals surface area contributed by atoms with Gasteiger partial charge in [-0.25, -0.2) is 4.98 Å². The molecular formula is C32H36N4. The maximum Gasteiger partial charge on any atom is 0.144 e. The lowest BCUT2D eigenvalue weighted by atomic mass is 9.92. The third-order valence-corrected chi connectivity index (χ3v) is 6.94. The Morgan fingerprint density at radius 2 is 1.47 bits per heavy atom. The Morgan fingerprint density at radius 1 is 0.806 bits per heavy atom. The summed E-state index contributed by atoms with van der Waals surface area (Å²) in [5.41, 5.74) is 8.96. The van der Waals surface area contributed by atoms with Crippen LogP contribution in [-0.2, 0) is 6.42 Å². The van der Waals surface area contributed by atoms with Gasteiger partial charge in [0.15, 0.2) is 0 Å². The summed E-state index contributed by atoms with van der Waals surface area (Å²) in [7, 11) is 2.10. The molecule has 0 saturated heterocycles. The number of benzene rings is 3. The van der Waals surface area contributed by atoms with Gasteiger partial charge in [-0.3, -0.25) is 4.57 Å².